The summed E-state index contributed by atoms with van der Waals surface area (Å²) in [6.45, 7) is 0. The molecule has 0 aliphatic heterocycles. The Balaban J connectivity index is 2.43. The van der Waals surface area contributed by atoms with Crippen LogP contribution in [0, 0.1) is 0 Å². The lowest BCUT2D eigenvalue weighted by atomic mass is 10.3. The SMILES string of the molecule is Oc1cnc(-c2ccoc2)nc1. The summed E-state index contributed by atoms with van der Waals surface area (Å²) in [6, 6.07) is 1.76. The van der Waals surface area contributed by atoms with Gasteiger partial charge in [0, 0.05) is 0 Å². The number of nitrogens with zero attached hydrogens (tertiary/aromatic N) is 2. The van der Waals surface area contributed by atoms with Gasteiger partial charge in [0.2, 0.25) is 0 Å². The van der Waals surface area contributed by atoms with Gasteiger partial charge >= 0.3 is 0 Å². The minimum Gasteiger partial charge on any atom is -0.505 e. The first-order chi connectivity index (χ1) is 5.86. The summed E-state index contributed by atoms with van der Waals surface area (Å²) in [6.07, 6.45) is 5.78. The minimum atomic E-state index is 0.0576. The number of hydrogen-bond donors (Lipinski definition) is 1. The topological polar surface area (TPSA) is 59.2 Å². The van der Waals surface area contributed by atoms with Gasteiger partial charge in [-0.2, -0.15) is 0 Å². The molecule has 0 atom stereocenters. The van der Waals surface area contributed by atoms with Crippen LogP contribution in [0.1, 0.15) is 0 Å². The number of hydrogen-bond acceptors (Lipinski definition) is 4. The van der Waals surface area contributed by atoms with Crippen LogP contribution in [-0.4, -0.2) is 15.1 Å². The van der Waals surface area contributed by atoms with Crippen molar-refractivity contribution in [1.29, 1.82) is 0 Å². The van der Waals surface area contributed by atoms with Crippen LogP contribution in [0.25, 0.3) is 11.4 Å². The van der Waals surface area contributed by atoms with Gasteiger partial charge in [-0.1, -0.05) is 0 Å². The standard InChI is InChI=1S/C8H6N2O2/c11-7-3-9-8(10-4-7)6-1-2-12-5-6/h1-5,11H. The van der Waals surface area contributed by atoms with Gasteiger partial charge in [-0.3, -0.25) is 0 Å². The maximum Gasteiger partial charge on any atom is 0.162 e. The first-order valence-corrected chi connectivity index (χ1v) is 3.40. The Hall–Kier alpha value is -1.84. The van der Waals surface area contributed by atoms with Crippen molar-refractivity contribution in [3.05, 3.63) is 31.0 Å². The van der Waals surface area contributed by atoms with Crippen LogP contribution in [0.4, 0.5) is 0 Å². The third kappa shape index (κ3) is 1.14. The van der Waals surface area contributed by atoms with Crippen LogP contribution in [0.5, 0.6) is 5.75 Å². The van der Waals surface area contributed by atoms with Gasteiger partial charge in [0.05, 0.1) is 24.2 Å². The highest BCUT2D eigenvalue weighted by Crippen LogP contribution is 2.15. The van der Waals surface area contributed by atoms with Crippen molar-refractivity contribution in [1.82, 2.24) is 9.97 Å². The predicted molar refractivity (Wildman–Crippen MR) is 41.4 cm³/mol. The summed E-state index contributed by atoms with van der Waals surface area (Å²) in [5.74, 6) is 0.601. The fraction of sp³-hybridized carbons (Fsp3) is 0. The zero-order chi connectivity index (χ0) is 8.39. The normalized spacial score (nSPS) is 10.0. The van der Waals surface area contributed by atoms with E-state index in [0.717, 1.165) is 5.56 Å². The van der Waals surface area contributed by atoms with Crippen molar-refractivity contribution < 1.29 is 9.52 Å². The molecule has 12 heavy (non-hydrogen) atoms. The Morgan fingerprint density at radius 1 is 1.25 bits per heavy atom. The smallest absolute Gasteiger partial charge is 0.162 e. The Morgan fingerprint density at radius 3 is 2.58 bits per heavy atom. The van der Waals surface area contributed by atoms with Crippen molar-refractivity contribution >= 4 is 0 Å². The van der Waals surface area contributed by atoms with Crippen molar-refractivity contribution in [2.75, 3.05) is 0 Å². The largest absolute Gasteiger partial charge is 0.505 e. The van der Waals surface area contributed by atoms with E-state index in [1.807, 2.05) is 0 Å². The molecule has 0 aliphatic carbocycles. The van der Waals surface area contributed by atoms with Gasteiger partial charge in [-0.25, -0.2) is 9.97 Å². The Morgan fingerprint density at radius 2 is 2.00 bits per heavy atom. The third-order valence-corrected chi connectivity index (χ3v) is 1.42. The highest BCUT2D eigenvalue weighted by molar-refractivity contribution is 5.52. The van der Waals surface area contributed by atoms with Crippen molar-refractivity contribution in [2.24, 2.45) is 0 Å². The van der Waals surface area contributed by atoms with Gasteiger partial charge in [0.15, 0.2) is 11.6 Å². The zero-order valence-electron chi connectivity index (χ0n) is 6.14. The second-order valence-electron chi connectivity index (χ2n) is 2.28. The van der Waals surface area contributed by atoms with E-state index in [0.29, 0.717) is 5.82 Å². The Bertz CT molecular complexity index is 353. The molecule has 0 amide bonds. The van der Waals surface area contributed by atoms with E-state index in [4.69, 9.17) is 9.52 Å². The number of furan rings is 1. The molecule has 4 nitrogen and oxygen atoms in total. The highest BCUT2D eigenvalue weighted by atomic mass is 16.3. The third-order valence-electron chi connectivity index (χ3n) is 1.42. The fourth-order valence-corrected chi connectivity index (χ4v) is 0.862. The maximum absolute atomic E-state index is 8.91. The molecule has 0 radical (unpaired) electrons. The van der Waals surface area contributed by atoms with E-state index in [9.17, 15) is 0 Å². The lowest BCUT2D eigenvalue weighted by Gasteiger charge is -1.93. The van der Waals surface area contributed by atoms with E-state index in [1.54, 1.807) is 18.6 Å². The van der Waals surface area contributed by atoms with Gasteiger partial charge in [-0.05, 0) is 6.07 Å². The number of rotatable bonds is 1. The van der Waals surface area contributed by atoms with E-state index < -0.39 is 0 Å². The van der Waals surface area contributed by atoms with Crippen LogP contribution in [-0.2, 0) is 0 Å². The predicted octanol–water partition coefficient (Wildman–Crippen LogP) is 1.44. The molecule has 1 N–H and O–H groups in total. The lowest BCUT2D eigenvalue weighted by molar-refractivity contribution is 0.470. The van der Waals surface area contributed by atoms with E-state index >= 15 is 0 Å². The molecule has 2 aromatic heterocycles. The summed E-state index contributed by atoms with van der Waals surface area (Å²) in [7, 11) is 0. The fourth-order valence-electron chi connectivity index (χ4n) is 0.862. The average molecular weight is 162 g/mol. The van der Waals surface area contributed by atoms with Crippen LogP contribution in [0.3, 0.4) is 0 Å². The van der Waals surface area contributed by atoms with Crippen molar-refractivity contribution in [3.63, 3.8) is 0 Å². The summed E-state index contributed by atoms with van der Waals surface area (Å²) >= 11 is 0. The van der Waals surface area contributed by atoms with E-state index in [2.05, 4.69) is 9.97 Å². The summed E-state index contributed by atoms with van der Waals surface area (Å²) in [4.78, 5) is 7.80. The second kappa shape index (κ2) is 2.65. The van der Waals surface area contributed by atoms with Crippen LogP contribution in [0.15, 0.2) is 35.4 Å². The molecule has 4 heteroatoms. The molecule has 2 rings (SSSR count). The molecule has 0 aromatic carbocycles. The molecule has 2 heterocycles. The average Bonchev–Trinajstić information content (AvgIpc) is 2.58. The number of aromatic hydroxyl groups is 1. The molecule has 0 aliphatic rings. The first kappa shape index (κ1) is 6.84. The second-order valence-corrected chi connectivity index (χ2v) is 2.28. The van der Waals surface area contributed by atoms with Gasteiger partial charge in [0.25, 0.3) is 0 Å². The van der Waals surface area contributed by atoms with Gasteiger partial charge in [0.1, 0.15) is 6.26 Å². The molecule has 0 unspecified atom stereocenters. The maximum atomic E-state index is 8.91. The molecule has 0 saturated carbocycles. The molecule has 0 bridgehead atoms. The molecular weight excluding hydrogens is 156 g/mol. The minimum absolute atomic E-state index is 0.0576. The molecule has 0 spiro atoms. The van der Waals surface area contributed by atoms with Crippen LogP contribution in [0.2, 0.25) is 0 Å². The molecule has 0 saturated heterocycles. The molecular formula is C8H6N2O2. The van der Waals surface area contributed by atoms with Gasteiger partial charge in [-0.15, -0.1) is 0 Å². The summed E-state index contributed by atoms with van der Waals surface area (Å²) in [5, 5.41) is 8.91. The monoisotopic (exact) mass is 162 g/mol. The first-order valence-electron chi connectivity index (χ1n) is 3.40. The highest BCUT2D eigenvalue weighted by Gasteiger charge is 2.00. The quantitative estimate of drug-likeness (QED) is 0.689. The molecule has 2 aromatic rings. The number of aromatic nitrogens is 2. The summed E-state index contributed by atoms with van der Waals surface area (Å²) < 4.78 is 4.86. The lowest BCUT2D eigenvalue weighted by Crippen LogP contribution is -1.84. The van der Waals surface area contributed by atoms with Crippen LogP contribution >= 0.6 is 0 Å². The summed E-state index contributed by atoms with van der Waals surface area (Å²) in [5.41, 5.74) is 0.801. The van der Waals surface area contributed by atoms with Gasteiger partial charge < -0.3 is 9.52 Å². The van der Waals surface area contributed by atoms with E-state index in [1.165, 1.54) is 12.4 Å². The van der Waals surface area contributed by atoms with Crippen LogP contribution < -0.4 is 0 Å². The van der Waals surface area contributed by atoms with Crippen molar-refractivity contribution in [2.45, 2.75) is 0 Å². The van der Waals surface area contributed by atoms with E-state index in [-0.39, 0.29) is 5.75 Å². The zero-order valence-corrected chi connectivity index (χ0v) is 6.14. The Labute approximate surface area is 68.5 Å². The Kier molecular flexibility index (Phi) is 1.51. The molecule has 0 fully saturated rings. The van der Waals surface area contributed by atoms with Crippen molar-refractivity contribution in [3.8, 4) is 17.1 Å². The molecule has 60 valence electrons.